The number of anilines is 1. The first-order valence-electron chi connectivity index (χ1n) is 10.7. The third-order valence-corrected chi connectivity index (χ3v) is 7.99. The normalized spacial score (nSPS) is 12.7. The molecule has 0 amide bonds. The lowest BCUT2D eigenvalue weighted by atomic mass is 10.0. The second-order valence-electron chi connectivity index (χ2n) is 8.63. The Hall–Kier alpha value is -4.00. The smallest absolute Gasteiger partial charge is 0.214 e. The molecule has 0 saturated heterocycles. The minimum Gasteiger partial charge on any atom is -0.872 e. The van der Waals surface area contributed by atoms with Crippen molar-refractivity contribution in [1.29, 1.82) is 0 Å². The highest BCUT2D eigenvalue weighted by atomic mass is 32.1. The van der Waals surface area contributed by atoms with Crippen LogP contribution in [0.5, 0.6) is 5.75 Å². The van der Waals surface area contributed by atoms with E-state index in [0.29, 0.717) is 0 Å². The molecule has 0 spiro atoms. The van der Waals surface area contributed by atoms with E-state index in [1.807, 2.05) is 18.2 Å². The minimum absolute atomic E-state index is 0.00189. The van der Waals surface area contributed by atoms with Crippen LogP contribution < -0.4 is 10.2 Å². The van der Waals surface area contributed by atoms with E-state index in [2.05, 4.69) is 40.8 Å². The van der Waals surface area contributed by atoms with E-state index in [1.165, 1.54) is 15.1 Å². The van der Waals surface area contributed by atoms with Crippen LogP contribution in [0.15, 0.2) is 71.1 Å². The molecule has 6 heteroatoms. The number of aromatic nitrogens is 1. The Bertz CT molecular complexity index is 2080. The van der Waals surface area contributed by atoms with Crippen molar-refractivity contribution in [1.82, 2.24) is 4.40 Å². The van der Waals surface area contributed by atoms with Crippen LogP contribution in [0, 0.1) is 0 Å². The predicted molar refractivity (Wildman–Crippen MR) is 133 cm³/mol. The van der Waals surface area contributed by atoms with Gasteiger partial charge in [-0.05, 0) is 41.1 Å². The maximum absolute atomic E-state index is 12.0. The molecule has 4 aromatic carbocycles. The first-order valence-corrected chi connectivity index (χ1v) is 11.5. The largest absolute Gasteiger partial charge is 0.872 e. The minimum atomic E-state index is -0.00189. The van der Waals surface area contributed by atoms with Crippen LogP contribution in [0.25, 0.3) is 69.4 Å². The van der Waals surface area contributed by atoms with Crippen LogP contribution >= 0.6 is 11.3 Å². The molecule has 0 unspecified atom stereocenters. The van der Waals surface area contributed by atoms with Gasteiger partial charge in [-0.1, -0.05) is 36.4 Å². The molecule has 0 bridgehead atoms. The fraction of sp³-hybridized carbons (Fsp3) is 0.0370. The third-order valence-electron chi connectivity index (χ3n) is 6.83. The van der Waals surface area contributed by atoms with Crippen LogP contribution in [0.1, 0.15) is 0 Å². The SMILES string of the molecule is CN(O)c1ccc2c3c4cc5cc([O-])ccc5cc4oc3n3c4sc5ccccc5c4c1c23. The average molecular weight is 447 g/mol. The van der Waals surface area contributed by atoms with Gasteiger partial charge >= 0.3 is 0 Å². The molecule has 0 aliphatic heterocycles. The Morgan fingerprint density at radius 1 is 0.879 bits per heavy atom. The second kappa shape index (κ2) is 5.67. The van der Waals surface area contributed by atoms with Crippen molar-refractivity contribution in [3.63, 3.8) is 0 Å². The molecular formula is C27H15N2O3S-. The van der Waals surface area contributed by atoms with Crippen LogP contribution in [0.4, 0.5) is 5.69 Å². The standard InChI is InChI=1S/C27H16N2O3S/c1-28(31)19-9-8-17-22-18-11-14-10-15(30)7-6-13(14)12-20(18)32-26(22)29-25(17)24(19)23-16-4-2-3-5-21(16)33-27(23)29/h2-12,30-31H,1H3/p-1. The highest BCUT2D eigenvalue weighted by Gasteiger charge is 2.27. The number of hydrogen-bond donors (Lipinski definition) is 1. The summed E-state index contributed by atoms with van der Waals surface area (Å²) in [7, 11) is 1.66. The van der Waals surface area contributed by atoms with Crippen molar-refractivity contribution < 1.29 is 14.7 Å². The zero-order valence-electron chi connectivity index (χ0n) is 17.4. The molecule has 33 heavy (non-hydrogen) atoms. The fourth-order valence-electron chi connectivity index (χ4n) is 5.48. The lowest BCUT2D eigenvalue weighted by Gasteiger charge is -2.12. The van der Waals surface area contributed by atoms with E-state index in [9.17, 15) is 10.3 Å². The Morgan fingerprint density at radius 2 is 1.76 bits per heavy atom. The number of hydrogen-bond acceptors (Lipinski definition) is 5. The highest BCUT2D eigenvalue weighted by Crippen LogP contribution is 2.50. The molecule has 0 fully saturated rings. The lowest BCUT2D eigenvalue weighted by molar-refractivity contribution is -0.268. The topological polar surface area (TPSA) is 64.1 Å². The highest BCUT2D eigenvalue weighted by molar-refractivity contribution is 7.25. The molecular weight excluding hydrogens is 432 g/mol. The van der Waals surface area contributed by atoms with Crippen molar-refractivity contribution >= 4 is 86.5 Å². The van der Waals surface area contributed by atoms with Crippen molar-refractivity contribution in [3.05, 3.63) is 66.7 Å². The first kappa shape index (κ1) is 17.5. The van der Waals surface area contributed by atoms with Crippen molar-refractivity contribution in [2.45, 2.75) is 0 Å². The molecule has 5 nitrogen and oxygen atoms in total. The Kier molecular flexibility index (Phi) is 3.01. The van der Waals surface area contributed by atoms with Crippen molar-refractivity contribution in [3.8, 4) is 5.75 Å². The van der Waals surface area contributed by atoms with Gasteiger partial charge in [0.1, 0.15) is 10.4 Å². The summed E-state index contributed by atoms with van der Waals surface area (Å²) in [6.07, 6.45) is 0. The van der Waals surface area contributed by atoms with Crippen molar-refractivity contribution in [2.75, 3.05) is 12.1 Å². The number of benzene rings is 4. The Morgan fingerprint density at radius 3 is 2.64 bits per heavy atom. The van der Waals surface area contributed by atoms with E-state index in [1.54, 1.807) is 30.5 Å². The second-order valence-corrected chi connectivity index (χ2v) is 9.66. The van der Waals surface area contributed by atoms with E-state index in [-0.39, 0.29) is 5.75 Å². The van der Waals surface area contributed by atoms with Crippen LogP contribution in [-0.4, -0.2) is 16.7 Å². The zero-order chi connectivity index (χ0) is 22.0. The van der Waals surface area contributed by atoms with Crippen molar-refractivity contribution in [2.24, 2.45) is 0 Å². The van der Waals surface area contributed by atoms with Crippen LogP contribution in [-0.2, 0) is 0 Å². The van der Waals surface area contributed by atoms with Gasteiger partial charge in [-0.3, -0.25) is 14.7 Å². The molecule has 0 aliphatic carbocycles. The first-order chi connectivity index (χ1) is 16.1. The summed E-state index contributed by atoms with van der Waals surface area (Å²) < 4.78 is 9.90. The average Bonchev–Trinajstić information content (AvgIpc) is 3.51. The molecule has 0 atom stereocenters. The molecule has 0 aliphatic rings. The molecule has 4 heterocycles. The van der Waals surface area contributed by atoms with Crippen LogP contribution in [0.2, 0.25) is 0 Å². The number of fused-ring (bicyclic) bond motifs is 11. The van der Waals surface area contributed by atoms with Gasteiger partial charge in [-0.2, -0.15) is 0 Å². The van der Waals surface area contributed by atoms with Gasteiger partial charge in [-0.25, -0.2) is 0 Å². The van der Waals surface area contributed by atoms with Gasteiger partial charge in [-0.15, -0.1) is 17.1 Å². The molecule has 8 rings (SSSR count). The number of hydroxylamine groups is 1. The van der Waals surface area contributed by atoms with E-state index in [0.717, 1.165) is 65.0 Å². The van der Waals surface area contributed by atoms with Gasteiger partial charge in [0.25, 0.3) is 0 Å². The predicted octanol–water partition coefficient (Wildman–Crippen LogP) is 6.85. The van der Waals surface area contributed by atoms with Gasteiger partial charge in [0.2, 0.25) is 5.71 Å². The van der Waals surface area contributed by atoms with Gasteiger partial charge in [0, 0.05) is 38.7 Å². The summed E-state index contributed by atoms with van der Waals surface area (Å²) in [4.78, 5) is 1.10. The summed E-state index contributed by atoms with van der Waals surface area (Å²) in [6, 6.07) is 21.6. The fourth-order valence-corrected chi connectivity index (χ4v) is 6.69. The number of rotatable bonds is 1. The van der Waals surface area contributed by atoms with Gasteiger partial charge in [0.05, 0.1) is 16.6 Å². The maximum Gasteiger partial charge on any atom is 0.214 e. The molecule has 158 valence electrons. The van der Waals surface area contributed by atoms with Gasteiger partial charge < -0.3 is 9.52 Å². The quantitative estimate of drug-likeness (QED) is 0.280. The number of furan rings is 1. The summed E-state index contributed by atoms with van der Waals surface area (Å²) in [6.45, 7) is 0. The summed E-state index contributed by atoms with van der Waals surface area (Å²) in [5, 5.41) is 32.0. The Balaban J connectivity index is 1.68. The Labute approximate surface area is 190 Å². The van der Waals surface area contributed by atoms with E-state index < -0.39 is 0 Å². The monoisotopic (exact) mass is 447 g/mol. The van der Waals surface area contributed by atoms with Crippen LogP contribution in [0.3, 0.4) is 0 Å². The molecule has 8 aromatic rings. The van der Waals surface area contributed by atoms with E-state index >= 15 is 0 Å². The lowest BCUT2D eigenvalue weighted by Crippen LogP contribution is -2.09. The molecule has 0 radical (unpaired) electrons. The number of nitrogens with zero attached hydrogens (tertiary/aromatic N) is 2. The molecule has 1 N–H and O–H groups in total. The summed E-state index contributed by atoms with van der Waals surface area (Å²) in [5.74, 6) is -0.00189. The van der Waals surface area contributed by atoms with E-state index in [4.69, 9.17) is 4.42 Å². The third kappa shape index (κ3) is 2.01. The maximum atomic E-state index is 12.0. The summed E-state index contributed by atoms with van der Waals surface area (Å²) in [5.41, 5.74) is 3.41. The zero-order valence-corrected chi connectivity index (χ0v) is 18.2. The number of thiophene rings is 1. The molecule has 4 aromatic heterocycles. The molecule has 0 saturated carbocycles. The summed E-state index contributed by atoms with van der Waals surface area (Å²) >= 11 is 1.73. The van der Waals surface area contributed by atoms with Gasteiger partial charge in [0.15, 0.2) is 0 Å².